The molecule has 1 heterocycles. The molecule has 0 saturated heterocycles. The van der Waals surface area contributed by atoms with E-state index in [-0.39, 0.29) is 0 Å². The van der Waals surface area contributed by atoms with Gasteiger partial charge in [0.05, 0.1) is 26.6 Å². The van der Waals surface area contributed by atoms with E-state index in [1.165, 1.54) is 11.5 Å². The first-order chi connectivity index (χ1) is 9.10. The first-order valence-electron chi connectivity index (χ1n) is 6.61. The Hall–Kier alpha value is -0.940. The summed E-state index contributed by atoms with van der Waals surface area (Å²) in [4.78, 5) is 4.52. The van der Waals surface area contributed by atoms with E-state index in [2.05, 4.69) is 30.2 Å². The molecule has 2 rings (SSSR count). The minimum atomic E-state index is 0.429. The summed E-state index contributed by atoms with van der Waals surface area (Å²) in [6.45, 7) is 6.42. The van der Waals surface area contributed by atoms with Crippen molar-refractivity contribution in [2.45, 2.75) is 33.2 Å². The Labute approximate surface area is 123 Å². The van der Waals surface area contributed by atoms with Gasteiger partial charge in [0.1, 0.15) is 0 Å². The quantitative estimate of drug-likeness (QED) is 0.621. The molecule has 3 N–H and O–H groups in total. The van der Waals surface area contributed by atoms with E-state index in [1.54, 1.807) is 11.3 Å². The van der Waals surface area contributed by atoms with Crippen LogP contribution in [-0.2, 0) is 0 Å². The Morgan fingerprint density at radius 2 is 2.26 bits per heavy atom. The molecule has 5 heteroatoms. The minimum absolute atomic E-state index is 0.429. The van der Waals surface area contributed by atoms with Gasteiger partial charge < -0.3 is 11.1 Å². The molecular formula is C14H21N3S2. The lowest BCUT2D eigenvalue weighted by Crippen LogP contribution is -2.17. The lowest BCUT2D eigenvalue weighted by atomic mass is 10.2. The Balaban J connectivity index is 2.09. The molecule has 0 radical (unpaired) electrons. The Kier molecular flexibility index (Phi) is 4.93. The molecule has 0 bridgehead atoms. The van der Waals surface area contributed by atoms with Crippen molar-refractivity contribution in [1.29, 1.82) is 0 Å². The third kappa shape index (κ3) is 3.76. The van der Waals surface area contributed by atoms with Crippen molar-refractivity contribution in [2.24, 2.45) is 0 Å². The van der Waals surface area contributed by atoms with Gasteiger partial charge in [0.15, 0.2) is 0 Å². The SMILES string of the molecule is CCSCCC(C)Nc1cc2nc(C)sc2cc1N. The number of hydrogen-bond acceptors (Lipinski definition) is 5. The van der Waals surface area contributed by atoms with Crippen molar-refractivity contribution in [3.05, 3.63) is 17.1 Å². The third-order valence-corrected chi connectivity index (χ3v) is 4.83. The molecule has 0 spiro atoms. The summed E-state index contributed by atoms with van der Waals surface area (Å²) >= 11 is 3.66. The van der Waals surface area contributed by atoms with Crippen LogP contribution in [0.3, 0.4) is 0 Å². The van der Waals surface area contributed by atoms with E-state index < -0.39 is 0 Å². The van der Waals surface area contributed by atoms with Gasteiger partial charge >= 0.3 is 0 Å². The number of hydrogen-bond donors (Lipinski definition) is 2. The normalized spacial score (nSPS) is 12.8. The Morgan fingerprint density at radius 3 is 3.00 bits per heavy atom. The van der Waals surface area contributed by atoms with E-state index in [1.807, 2.05) is 24.8 Å². The van der Waals surface area contributed by atoms with Crippen molar-refractivity contribution < 1.29 is 0 Å². The molecular weight excluding hydrogens is 274 g/mol. The van der Waals surface area contributed by atoms with Gasteiger partial charge in [-0.1, -0.05) is 6.92 Å². The summed E-state index contributed by atoms with van der Waals surface area (Å²) < 4.78 is 1.16. The third-order valence-electron chi connectivity index (χ3n) is 2.97. The molecule has 1 unspecified atom stereocenters. The Bertz CT molecular complexity index is 551. The topological polar surface area (TPSA) is 50.9 Å². The van der Waals surface area contributed by atoms with Gasteiger partial charge in [-0.15, -0.1) is 11.3 Å². The summed E-state index contributed by atoms with van der Waals surface area (Å²) in [7, 11) is 0. The fourth-order valence-corrected chi connectivity index (χ4v) is 3.64. The largest absolute Gasteiger partial charge is 0.397 e. The van der Waals surface area contributed by atoms with Crippen LogP contribution >= 0.6 is 23.1 Å². The fourth-order valence-electron chi connectivity index (χ4n) is 1.97. The van der Waals surface area contributed by atoms with Crippen LogP contribution < -0.4 is 11.1 Å². The molecule has 1 aromatic heterocycles. The molecule has 1 aromatic carbocycles. The molecule has 0 fully saturated rings. The zero-order valence-corrected chi connectivity index (χ0v) is 13.3. The summed E-state index contributed by atoms with van der Waals surface area (Å²) in [6, 6.07) is 4.52. The highest BCUT2D eigenvalue weighted by atomic mass is 32.2. The number of nitrogens with zero attached hydrogens (tertiary/aromatic N) is 1. The lowest BCUT2D eigenvalue weighted by Gasteiger charge is -2.16. The second-order valence-corrected chi connectivity index (χ2v) is 7.30. The highest BCUT2D eigenvalue weighted by molar-refractivity contribution is 7.99. The number of nitrogens with two attached hydrogens (primary N) is 1. The minimum Gasteiger partial charge on any atom is -0.397 e. The number of benzene rings is 1. The van der Waals surface area contributed by atoms with E-state index in [0.717, 1.165) is 33.0 Å². The van der Waals surface area contributed by atoms with Gasteiger partial charge in [-0.05, 0) is 43.9 Å². The number of thioether (sulfide) groups is 1. The molecule has 0 aliphatic carbocycles. The average Bonchev–Trinajstić information content (AvgIpc) is 2.69. The first kappa shape index (κ1) is 14.5. The van der Waals surface area contributed by atoms with Crippen LogP contribution in [0.25, 0.3) is 10.2 Å². The predicted octanol–water partition coefficient (Wildman–Crippen LogP) is 4.13. The highest BCUT2D eigenvalue weighted by Crippen LogP contribution is 2.30. The number of rotatable bonds is 6. The van der Waals surface area contributed by atoms with Gasteiger partial charge in [-0.25, -0.2) is 4.98 Å². The van der Waals surface area contributed by atoms with Crippen LogP contribution in [-0.4, -0.2) is 22.5 Å². The van der Waals surface area contributed by atoms with E-state index >= 15 is 0 Å². The zero-order valence-electron chi connectivity index (χ0n) is 11.7. The van der Waals surface area contributed by atoms with Crippen LogP contribution in [0.1, 0.15) is 25.3 Å². The first-order valence-corrected chi connectivity index (χ1v) is 8.58. The van der Waals surface area contributed by atoms with Gasteiger partial charge in [0, 0.05) is 6.04 Å². The predicted molar refractivity (Wildman–Crippen MR) is 89.5 cm³/mol. The highest BCUT2D eigenvalue weighted by Gasteiger charge is 2.08. The van der Waals surface area contributed by atoms with Crippen LogP contribution in [0, 0.1) is 6.92 Å². The van der Waals surface area contributed by atoms with Crippen LogP contribution in [0.4, 0.5) is 11.4 Å². The van der Waals surface area contributed by atoms with Crippen molar-refractivity contribution in [2.75, 3.05) is 22.6 Å². The van der Waals surface area contributed by atoms with Crippen molar-refractivity contribution in [3.8, 4) is 0 Å². The van der Waals surface area contributed by atoms with Crippen molar-refractivity contribution in [1.82, 2.24) is 4.98 Å². The molecule has 19 heavy (non-hydrogen) atoms. The number of thiazole rings is 1. The van der Waals surface area contributed by atoms with Crippen LogP contribution in [0.2, 0.25) is 0 Å². The molecule has 0 amide bonds. The van der Waals surface area contributed by atoms with Gasteiger partial charge in [-0.2, -0.15) is 11.8 Å². The van der Waals surface area contributed by atoms with E-state index in [0.29, 0.717) is 6.04 Å². The fraction of sp³-hybridized carbons (Fsp3) is 0.500. The smallest absolute Gasteiger partial charge is 0.0907 e. The number of anilines is 2. The maximum atomic E-state index is 6.11. The molecule has 3 nitrogen and oxygen atoms in total. The van der Waals surface area contributed by atoms with Crippen molar-refractivity contribution >= 4 is 44.7 Å². The summed E-state index contributed by atoms with van der Waals surface area (Å²) in [5.41, 5.74) is 8.96. The number of aromatic nitrogens is 1. The summed E-state index contributed by atoms with van der Waals surface area (Å²) in [5, 5.41) is 4.58. The van der Waals surface area contributed by atoms with Crippen LogP contribution in [0.15, 0.2) is 12.1 Å². The van der Waals surface area contributed by atoms with Gasteiger partial charge in [-0.3, -0.25) is 0 Å². The molecule has 0 saturated carbocycles. The maximum absolute atomic E-state index is 6.11. The Morgan fingerprint density at radius 1 is 1.47 bits per heavy atom. The zero-order chi connectivity index (χ0) is 13.8. The van der Waals surface area contributed by atoms with Crippen molar-refractivity contribution in [3.63, 3.8) is 0 Å². The molecule has 0 aliphatic heterocycles. The van der Waals surface area contributed by atoms with Gasteiger partial charge in [0.2, 0.25) is 0 Å². The number of fused-ring (bicyclic) bond motifs is 1. The average molecular weight is 295 g/mol. The van der Waals surface area contributed by atoms with Gasteiger partial charge in [0.25, 0.3) is 0 Å². The molecule has 1 atom stereocenters. The summed E-state index contributed by atoms with van der Waals surface area (Å²) in [6.07, 6.45) is 1.14. The molecule has 0 aliphatic rings. The van der Waals surface area contributed by atoms with Crippen LogP contribution in [0.5, 0.6) is 0 Å². The van der Waals surface area contributed by atoms with E-state index in [9.17, 15) is 0 Å². The van der Waals surface area contributed by atoms with E-state index in [4.69, 9.17) is 5.73 Å². The molecule has 104 valence electrons. The molecule has 2 aromatic rings. The standard InChI is InChI=1S/C14H21N3S2/c1-4-18-6-5-9(2)16-12-8-13-14(7-11(12)15)19-10(3)17-13/h7-9,16H,4-6,15H2,1-3H3. The maximum Gasteiger partial charge on any atom is 0.0907 e. The monoisotopic (exact) mass is 295 g/mol. The summed E-state index contributed by atoms with van der Waals surface area (Å²) in [5.74, 6) is 2.36. The second-order valence-electron chi connectivity index (χ2n) is 4.67. The number of nitrogen functional groups attached to an aromatic ring is 1. The lowest BCUT2D eigenvalue weighted by molar-refractivity contribution is 0.772. The number of nitrogens with one attached hydrogen (secondary N) is 1. The number of aryl methyl sites for hydroxylation is 1. The second kappa shape index (κ2) is 6.48.